The van der Waals surface area contributed by atoms with Crippen molar-refractivity contribution in [1.82, 2.24) is 4.98 Å². The molecule has 0 spiro atoms. The molecule has 0 fully saturated rings. The highest BCUT2D eigenvalue weighted by Crippen LogP contribution is 2.09. The lowest BCUT2D eigenvalue weighted by Gasteiger charge is -2.01. The van der Waals surface area contributed by atoms with E-state index in [9.17, 15) is 4.79 Å². The molecule has 0 saturated carbocycles. The van der Waals surface area contributed by atoms with Gasteiger partial charge in [-0.2, -0.15) is 0 Å². The summed E-state index contributed by atoms with van der Waals surface area (Å²) >= 11 is 0. The fraction of sp³-hybridized carbons (Fsp3) is 0.250. The number of carbonyl (C=O) groups excluding carboxylic acids is 1. The van der Waals surface area contributed by atoms with Gasteiger partial charge in [0.25, 0.3) is 5.91 Å². The van der Waals surface area contributed by atoms with Crippen LogP contribution in [0.5, 0.6) is 5.88 Å². The Morgan fingerprint density at radius 2 is 2.42 bits per heavy atom. The number of aryl methyl sites for hydroxylation is 1. The maximum atomic E-state index is 10.7. The number of hydrogen-bond acceptors (Lipinski definition) is 3. The predicted octanol–water partition coefficient (Wildman–Crippen LogP) is 0.298. The van der Waals surface area contributed by atoms with Crippen molar-refractivity contribution in [2.45, 2.75) is 6.92 Å². The van der Waals surface area contributed by atoms with Gasteiger partial charge in [-0.15, -0.1) is 0 Å². The van der Waals surface area contributed by atoms with Gasteiger partial charge in [0.2, 0.25) is 5.88 Å². The number of carbonyl (C=O) groups is 1. The molecular formula is C8H9N2O2. The summed E-state index contributed by atoms with van der Waals surface area (Å²) in [5, 5.41) is 0. The zero-order chi connectivity index (χ0) is 9.14. The molecule has 12 heavy (non-hydrogen) atoms. The average molecular weight is 165 g/mol. The second-order valence-corrected chi connectivity index (χ2v) is 2.32. The van der Waals surface area contributed by atoms with Crippen molar-refractivity contribution in [1.29, 1.82) is 0 Å². The molecule has 1 rings (SSSR count). The molecule has 1 aromatic heterocycles. The molecule has 0 bridgehead atoms. The van der Waals surface area contributed by atoms with Gasteiger partial charge in [0.15, 0.2) is 0 Å². The van der Waals surface area contributed by atoms with Gasteiger partial charge in [0.1, 0.15) is 5.69 Å². The van der Waals surface area contributed by atoms with Gasteiger partial charge in [-0.3, -0.25) is 4.79 Å². The zero-order valence-electron chi connectivity index (χ0n) is 6.92. The molecule has 4 heteroatoms. The quantitative estimate of drug-likeness (QED) is 0.685. The average Bonchev–Trinajstić information content (AvgIpc) is 2.03. The first kappa shape index (κ1) is 8.52. The standard InChI is InChI=1S/C8H9N2O2/c1-5-3-6(8(9)11)10-7(4-5)12-2/h4H,1-2H3,(H2,9,11). The number of hydrogen-bond donors (Lipinski definition) is 1. The summed E-state index contributed by atoms with van der Waals surface area (Å²) in [6.07, 6.45) is 0. The third-order valence-electron chi connectivity index (χ3n) is 1.32. The van der Waals surface area contributed by atoms with Crippen LogP contribution in [0.2, 0.25) is 0 Å². The van der Waals surface area contributed by atoms with E-state index >= 15 is 0 Å². The van der Waals surface area contributed by atoms with Gasteiger partial charge in [0.05, 0.1) is 7.11 Å². The first-order chi connectivity index (χ1) is 5.63. The predicted molar refractivity (Wildman–Crippen MR) is 42.9 cm³/mol. The third kappa shape index (κ3) is 1.72. The Morgan fingerprint density at radius 3 is 2.92 bits per heavy atom. The fourth-order valence-corrected chi connectivity index (χ4v) is 0.800. The Labute approximate surface area is 70.4 Å². The molecule has 0 aliphatic rings. The van der Waals surface area contributed by atoms with Crippen LogP contribution < -0.4 is 10.5 Å². The molecule has 63 valence electrons. The molecule has 0 unspecified atom stereocenters. The number of pyridine rings is 1. The second kappa shape index (κ2) is 3.21. The number of amides is 1. The lowest BCUT2D eigenvalue weighted by Crippen LogP contribution is -2.13. The normalized spacial score (nSPS) is 9.50. The third-order valence-corrected chi connectivity index (χ3v) is 1.32. The van der Waals surface area contributed by atoms with E-state index in [1.54, 1.807) is 13.0 Å². The Balaban J connectivity index is 3.15. The van der Waals surface area contributed by atoms with Gasteiger partial charge >= 0.3 is 0 Å². The summed E-state index contributed by atoms with van der Waals surface area (Å²) in [5.74, 6) is -0.225. The summed E-state index contributed by atoms with van der Waals surface area (Å²) in [6.45, 7) is 1.79. The van der Waals surface area contributed by atoms with E-state index in [4.69, 9.17) is 10.5 Å². The molecule has 4 nitrogen and oxygen atoms in total. The first-order valence-corrected chi connectivity index (χ1v) is 3.38. The molecule has 0 aliphatic carbocycles. The molecule has 0 atom stereocenters. The molecule has 0 aromatic carbocycles. The van der Waals surface area contributed by atoms with Crippen molar-refractivity contribution in [3.63, 3.8) is 0 Å². The molecule has 1 amide bonds. The number of primary amides is 1. The number of nitrogens with two attached hydrogens (primary N) is 1. The van der Waals surface area contributed by atoms with Crippen molar-refractivity contribution in [3.05, 3.63) is 23.4 Å². The number of nitrogens with zero attached hydrogens (tertiary/aromatic N) is 1. The van der Waals surface area contributed by atoms with E-state index in [0.717, 1.165) is 5.56 Å². The smallest absolute Gasteiger partial charge is 0.268 e. The van der Waals surface area contributed by atoms with Crippen molar-refractivity contribution in [2.24, 2.45) is 5.73 Å². The maximum Gasteiger partial charge on any atom is 0.268 e. The number of rotatable bonds is 2. The largest absolute Gasteiger partial charge is 0.481 e. The van der Waals surface area contributed by atoms with E-state index < -0.39 is 5.91 Å². The van der Waals surface area contributed by atoms with E-state index in [1.165, 1.54) is 7.11 Å². The van der Waals surface area contributed by atoms with Gasteiger partial charge in [-0.25, -0.2) is 4.98 Å². The van der Waals surface area contributed by atoms with Crippen LogP contribution in [0.15, 0.2) is 6.07 Å². The van der Waals surface area contributed by atoms with E-state index in [0.29, 0.717) is 5.88 Å². The lowest BCUT2D eigenvalue weighted by atomic mass is 10.2. The Hall–Kier alpha value is -1.58. The number of methoxy groups -OCH3 is 1. The van der Waals surface area contributed by atoms with Gasteiger partial charge in [0, 0.05) is 12.1 Å². The van der Waals surface area contributed by atoms with Gasteiger partial charge in [-0.1, -0.05) is 0 Å². The molecule has 0 saturated heterocycles. The molecule has 2 N–H and O–H groups in total. The van der Waals surface area contributed by atoms with E-state index in [2.05, 4.69) is 11.1 Å². The highest BCUT2D eigenvalue weighted by molar-refractivity contribution is 5.90. The Morgan fingerprint density at radius 1 is 1.75 bits per heavy atom. The van der Waals surface area contributed by atoms with Crippen LogP contribution in [0, 0.1) is 13.0 Å². The minimum atomic E-state index is -0.600. The molecule has 1 heterocycles. The van der Waals surface area contributed by atoms with Crippen LogP contribution in [0.1, 0.15) is 16.1 Å². The Kier molecular flexibility index (Phi) is 2.28. The van der Waals surface area contributed by atoms with Gasteiger partial charge < -0.3 is 10.5 Å². The summed E-state index contributed by atoms with van der Waals surface area (Å²) in [7, 11) is 1.48. The zero-order valence-corrected chi connectivity index (χ0v) is 6.92. The first-order valence-electron chi connectivity index (χ1n) is 3.38. The van der Waals surface area contributed by atoms with E-state index in [-0.39, 0.29) is 5.69 Å². The van der Waals surface area contributed by atoms with Crippen molar-refractivity contribution < 1.29 is 9.53 Å². The number of aromatic nitrogens is 1. The summed E-state index contributed by atoms with van der Waals surface area (Å²) in [5.41, 5.74) is 5.90. The molecular weight excluding hydrogens is 156 g/mol. The maximum absolute atomic E-state index is 10.7. The lowest BCUT2D eigenvalue weighted by molar-refractivity contribution is 0.0994. The molecule has 0 aliphatic heterocycles. The highest BCUT2D eigenvalue weighted by atomic mass is 16.5. The fourth-order valence-electron chi connectivity index (χ4n) is 0.800. The SMILES string of the molecule is COc1cc(C)[c]c(C(N)=O)n1. The monoisotopic (exact) mass is 165 g/mol. The van der Waals surface area contributed by atoms with Crippen LogP contribution in [0.4, 0.5) is 0 Å². The van der Waals surface area contributed by atoms with Crippen LogP contribution in [-0.2, 0) is 0 Å². The van der Waals surface area contributed by atoms with Crippen molar-refractivity contribution >= 4 is 5.91 Å². The van der Waals surface area contributed by atoms with Crippen LogP contribution in [0.3, 0.4) is 0 Å². The summed E-state index contributed by atoms with van der Waals surface area (Å²) in [4.78, 5) is 14.5. The van der Waals surface area contributed by atoms with Gasteiger partial charge in [-0.05, 0) is 12.5 Å². The number of ether oxygens (including phenoxy) is 1. The summed E-state index contributed by atoms with van der Waals surface area (Å²) < 4.78 is 4.85. The van der Waals surface area contributed by atoms with Crippen LogP contribution >= 0.6 is 0 Å². The van der Waals surface area contributed by atoms with Crippen molar-refractivity contribution in [3.8, 4) is 5.88 Å². The van der Waals surface area contributed by atoms with Crippen molar-refractivity contribution in [2.75, 3.05) is 7.11 Å². The molecule has 1 aromatic rings. The second-order valence-electron chi connectivity index (χ2n) is 2.32. The minimum absolute atomic E-state index is 0.104. The Bertz CT molecular complexity index is 310. The van der Waals surface area contributed by atoms with Crippen LogP contribution in [-0.4, -0.2) is 18.0 Å². The molecule has 1 radical (unpaired) electrons. The summed E-state index contributed by atoms with van der Waals surface area (Å²) in [6, 6.07) is 4.39. The highest BCUT2D eigenvalue weighted by Gasteiger charge is 2.05. The van der Waals surface area contributed by atoms with Crippen LogP contribution in [0.25, 0.3) is 0 Å². The minimum Gasteiger partial charge on any atom is -0.481 e. The topological polar surface area (TPSA) is 65.2 Å². The van der Waals surface area contributed by atoms with E-state index in [1.807, 2.05) is 0 Å².